The number of benzene rings is 1. The minimum absolute atomic E-state index is 0.00861. The fourth-order valence-corrected chi connectivity index (χ4v) is 1.98. The number of nitrogens with one attached hydrogen (secondary N) is 1. The lowest BCUT2D eigenvalue weighted by molar-refractivity contribution is 0.114. The summed E-state index contributed by atoms with van der Waals surface area (Å²) in [5.74, 6) is 0. The normalized spacial score (nSPS) is 20.9. The predicted octanol–water partition coefficient (Wildman–Crippen LogP) is 2.00. The van der Waals surface area contributed by atoms with E-state index in [1.54, 1.807) is 6.26 Å². The molecular weight excluding hydrogens is 214 g/mol. The van der Waals surface area contributed by atoms with Crippen LogP contribution in [0.1, 0.15) is 24.4 Å². The van der Waals surface area contributed by atoms with Crippen molar-refractivity contribution in [3.05, 3.63) is 48.2 Å². The molecule has 17 heavy (non-hydrogen) atoms. The Morgan fingerprint density at radius 3 is 2.82 bits per heavy atom. The highest BCUT2D eigenvalue weighted by atomic mass is 16.5. The molecule has 0 amide bonds. The van der Waals surface area contributed by atoms with Gasteiger partial charge in [0.05, 0.1) is 18.9 Å². The molecule has 0 radical (unpaired) electrons. The Labute approximate surface area is 102 Å². The van der Waals surface area contributed by atoms with Gasteiger partial charge < -0.3 is 15.2 Å². The van der Waals surface area contributed by atoms with Crippen molar-refractivity contribution < 1.29 is 9.84 Å². The van der Waals surface area contributed by atoms with Gasteiger partial charge >= 0.3 is 0 Å². The first-order chi connectivity index (χ1) is 8.40. The van der Waals surface area contributed by atoms with E-state index in [9.17, 15) is 5.11 Å². The molecule has 2 rings (SSSR count). The summed E-state index contributed by atoms with van der Waals surface area (Å²) in [4.78, 5) is 0. The van der Waals surface area contributed by atoms with Gasteiger partial charge in [-0.15, -0.1) is 0 Å². The van der Waals surface area contributed by atoms with Gasteiger partial charge in [-0.2, -0.15) is 0 Å². The van der Waals surface area contributed by atoms with Gasteiger partial charge in [-0.3, -0.25) is 0 Å². The topological polar surface area (TPSA) is 41.5 Å². The van der Waals surface area contributed by atoms with E-state index in [-0.39, 0.29) is 18.8 Å². The third-order valence-electron chi connectivity index (χ3n) is 3.00. The number of hydrogen-bond donors (Lipinski definition) is 2. The quantitative estimate of drug-likeness (QED) is 0.817. The highest BCUT2D eigenvalue weighted by Gasteiger charge is 2.14. The highest BCUT2D eigenvalue weighted by molar-refractivity contribution is 5.18. The molecule has 1 aliphatic heterocycles. The van der Waals surface area contributed by atoms with Gasteiger partial charge in [-0.1, -0.05) is 30.3 Å². The molecule has 3 nitrogen and oxygen atoms in total. The summed E-state index contributed by atoms with van der Waals surface area (Å²) in [5, 5.41) is 12.7. The van der Waals surface area contributed by atoms with Gasteiger partial charge in [0.1, 0.15) is 6.10 Å². The maximum Gasteiger partial charge on any atom is 0.110 e. The van der Waals surface area contributed by atoms with E-state index in [4.69, 9.17) is 4.74 Å². The molecule has 1 aromatic rings. The Kier molecular flexibility index (Phi) is 4.59. The first-order valence-corrected chi connectivity index (χ1v) is 6.10. The molecular formula is C14H19NO2. The zero-order valence-electron chi connectivity index (χ0n) is 9.88. The Bertz CT molecular complexity index is 350. The van der Waals surface area contributed by atoms with Crippen LogP contribution in [0.25, 0.3) is 0 Å². The van der Waals surface area contributed by atoms with E-state index in [1.807, 2.05) is 36.4 Å². The average Bonchev–Trinajstić information content (AvgIpc) is 2.42. The summed E-state index contributed by atoms with van der Waals surface area (Å²) >= 11 is 0. The first-order valence-electron chi connectivity index (χ1n) is 6.10. The third-order valence-corrected chi connectivity index (χ3v) is 3.00. The molecule has 0 saturated carbocycles. The molecule has 0 bridgehead atoms. The van der Waals surface area contributed by atoms with Crippen molar-refractivity contribution in [3.8, 4) is 0 Å². The minimum atomic E-state index is -0.00861. The molecule has 0 aliphatic carbocycles. The molecule has 3 heteroatoms. The molecule has 1 aliphatic rings. The number of ether oxygens (including phenoxy) is 1. The van der Waals surface area contributed by atoms with Crippen molar-refractivity contribution in [1.29, 1.82) is 0 Å². The molecule has 2 atom stereocenters. The lowest BCUT2D eigenvalue weighted by atomic mass is 10.1. The SMILES string of the molecule is OC[C@@H](NCC1CCC=CO1)c1ccccc1. The van der Waals surface area contributed by atoms with Crippen LogP contribution in [0.2, 0.25) is 0 Å². The molecule has 0 aromatic heterocycles. The maximum atomic E-state index is 9.39. The van der Waals surface area contributed by atoms with Gasteiger partial charge in [0.25, 0.3) is 0 Å². The van der Waals surface area contributed by atoms with Crippen molar-refractivity contribution in [3.63, 3.8) is 0 Å². The van der Waals surface area contributed by atoms with Crippen LogP contribution in [0.5, 0.6) is 0 Å². The van der Waals surface area contributed by atoms with Crippen LogP contribution in [0.4, 0.5) is 0 Å². The van der Waals surface area contributed by atoms with E-state index in [0.29, 0.717) is 0 Å². The monoisotopic (exact) mass is 233 g/mol. The second kappa shape index (κ2) is 6.42. The second-order valence-corrected chi connectivity index (χ2v) is 4.26. The van der Waals surface area contributed by atoms with Gasteiger partial charge in [0.2, 0.25) is 0 Å². The molecule has 1 aromatic carbocycles. The number of allylic oxidation sites excluding steroid dienone is 1. The average molecular weight is 233 g/mol. The molecule has 2 N–H and O–H groups in total. The molecule has 1 heterocycles. The van der Waals surface area contributed by atoms with Crippen molar-refractivity contribution in [1.82, 2.24) is 5.32 Å². The predicted molar refractivity (Wildman–Crippen MR) is 67.5 cm³/mol. The third kappa shape index (κ3) is 3.58. The first kappa shape index (κ1) is 12.1. The largest absolute Gasteiger partial charge is 0.497 e. The Morgan fingerprint density at radius 1 is 1.35 bits per heavy atom. The summed E-state index contributed by atoms with van der Waals surface area (Å²) in [5.41, 5.74) is 1.11. The van der Waals surface area contributed by atoms with E-state index < -0.39 is 0 Å². The Hall–Kier alpha value is -1.32. The zero-order valence-corrected chi connectivity index (χ0v) is 9.88. The van der Waals surface area contributed by atoms with Crippen molar-refractivity contribution in [2.24, 2.45) is 0 Å². The zero-order chi connectivity index (χ0) is 11.9. The van der Waals surface area contributed by atoms with Crippen LogP contribution in [-0.2, 0) is 4.74 Å². The Morgan fingerprint density at radius 2 is 2.18 bits per heavy atom. The summed E-state index contributed by atoms with van der Waals surface area (Å²) in [6.45, 7) is 0.872. The number of hydrogen-bond acceptors (Lipinski definition) is 3. The van der Waals surface area contributed by atoms with E-state index in [2.05, 4.69) is 5.32 Å². The van der Waals surface area contributed by atoms with Gasteiger partial charge in [0.15, 0.2) is 0 Å². The fourth-order valence-electron chi connectivity index (χ4n) is 1.98. The summed E-state index contributed by atoms with van der Waals surface area (Å²) in [7, 11) is 0. The van der Waals surface area contributed by atoms with Crippen molar-refractivity contribution >= 4 is 0 Å². The molecule has 0 saturated heterocycles. The van der Waals surface area contributed by atoms with Crippen molar-refractivity contribution in [2.45, 2.75) is 25.0 Å². The smallest absolute Gasteiger partial charge is 0.110 e. The molecule has 92 valence electrons. The van der Waals surface area contributed by atoms with E-state index in [0.717, 1.165) is 24.9 Å². The minimum Gasteiger partial charge on any atom is -0.497 e. The fraction of sp³-hybridized carbons (Fsp3) is 0.429. The van der Waals surface area contributed by atoms with Crippen LogP contribution < -0.4 is 5.32 Å². The summed E-state index contributed by atoms with van der Waals surface area (Å²) in [6.07, 6.45) is 6.14. The maximum absolute atomic E-state index is 9.39. The second-order valence-electron chi connectivity index (χ2n) is 4.26. The van der Waals surface area contributed by atoms with Crippen LogP contribution >= 0.6 is 0 Å². The van der Waals surface area contributed by atoms with Crippen LogP contribution in [0.15, 0.2) is 42.7 Å². The van der Waals surface area contributed by atoms with Gasteiger partial charge in [0, 0.05) is 6.54 Å². The standard InChI is InChI=1S/C14H19NO2/c16-11-14(12-6-2-1-3-7-12)15-10-13-8-4-5-9-17-13/h1-3,5-7,9,13-16H,4,8,10-11H2/t13?,14-/m1/s1. The number of rotatable bonds is 5. The summed E-state index contributed by atoms with van der Waals surface area (Å²) in [6, 6.07) is 9.99. The van der Waals surface area contributed by atoms with Gasteiger partial charge in [-0.05, 0) is 24.5 Å². The van der Waals surface area contributed by atoms with E-state index >= 15 is 0 Å². The van der Waals surface area contributed by atoms with Gasteiger partial charge in [-0.25, -0.2) is 0 Å². The number of aliphatic hydroxyl groups excluding tert-OH is 1. The van der Waals surface area contributed by atoms with Crippen LogP contribution in [-0.4, -0.2) is 24.4 Å². The van der Waals surface area contributed by atoms with Crippen LogP contribution in [0, 0.1) is 0 Å². The molecule has 0 fully saturated rings. The molecule has 0 spiro atoms. The van der Waals surface area contributed by atoms with Crippen LogP contribution in [0.3, 0.4) is 0 Å². The van der Waals surface area contributed by atoms with E-state index in [1.165, 1.54) is 0 Å². The molecule has 1 unspecified atom stereocenters. The number of aliphatic hydroxyl groups is 1. The Balaban J connectivity index is 1.85. The summed E-state index contributed by atoms with van der Waals surface area (Å²) < 4.78 is 5.48. The lowest BCUT2D eigenvalue weighted by Gasteiger charge is -2.23. The highest BCUT2D eigenvalue weighted by Crippen LogP contribution is 2.14. The lowest BCUT2D eigenvalue weighted by Crippen LogP contribution is -2.33. The van der Waals surface area contributed by atoms with Crippen molar-refractivity contribution in [2.75, 3.05) is 13.2 Å².